The molecule has 0 aliphatic carbocycles. The minimum absolute atomic E-state index is 0.180. The van der Waals surface area contributed by atoms with Crippen molar-refractivity contribution in [1.29, 1.82) is 0 Å². The average molecular weight is 399 g/mol. The molecule has 0 bridgehead atoms. The Bertz CT molecular complexity index is 1200. The molecule has 0 saturated heterocycles. The zero-order valence-corrected chi connectivity index (χ0v) is 15.0. The molecule has 0 radical (unpaired) electrons. The van der Waals surface area contributed by atoms with Gasteiger partial charge in [0, 0.05) is 24.5 Å². The van der Waals surface area contributed by atoms with Gasteiger partial charge in [-0.2, -0.15) is 0 Å². The van der Waals surface area contributed by atoms with Gasteiger partial charge in [0.2, 0.25) is 11.9 Å². The second kappa shape index (κ2) is 7.30. The van der Waals surface area contributed by atoms with E-state index in [1.807, 2.05) is 0 Å². The number of benzene rings is 2. The van der Waals surface area contributed by atoms with E-state index in [1.165, 1.54) is 47.0 Å². The van der Waals surface area contributed by atoms with Crippen LogP contribution in [-0.2, 0) is 17.9 Å². The summed E-state index contributed by atoms with van der Waals surface area (Å²) in [6, 6.07) is 10.9. The standard InChI is InChI=1S/C19H15F2N5O3/c20-12-4-6-15(7-5-12)24-8-9-25-17(28)18(29)26(23-19(24)25)11-16(27)22-14-3-1-2-13(21)10-14/h1-7,10H,8-9,11H2,(H,22,27). The van der Waals surface area contributed by atoms with Crippen LogP contribution >= 0.6 is 0 Å². The van der Waals surface area contributed by atoms with Crippen molar-refractivity contribution >= 4 is 23.2 Å². The van der Waals surface area contributed by atoms with Gasteiger partial charge in [-0.25, -0.2) is 13.5 Å². The van der Waals surface area contributed by atoms with Crippen LogP contribution in [0.15, 0.2) is 58.1 Å². The van der Waals surface area contributed by atoms with E-state index in [4.69, 9.17) is 0 Å². The number of hydrogen-bond donors (Lipinski definition) is 1. The molecule has 0 fully saturated rings. The summed E-state index contributed by atoms with van der Waals surface area (Å²) < 4.78 is 28.4. The Morgan fingerprint density at radius 3 is 2.48 bits per heavy atom. The molecule has 4 rings (SSSR count). The molecule has 0 saturated carbocycles. The van der Waals surface area contributed by atoms with E-state index in [-0.39, 0.29) is 18.2 Å². The molecule has 1 amide bonds. The highest BCUT2D eigenvalue weighted by atomic mass is 19.1. The molecule has 148 valence electrons. The zero-order valence-electron chi connectivity index (χ0n) is 15.0. The molecule has 0 unspecified atom stereocenters. The quantitative estimate of drug-likeness (QED) is 0.672. The molecule has 1 N–H and O–H groups in total. The van der Waals surface area contributed by atoms with Gasteiger partial charge in [0.15, 0.2) is 0 Å². The third-order valence-corrected chi connectivity index (χ3v) is 4.44. The molecule has 10 heteroatoms. The van der Waals surface area contributed by atoms with Gasteiger partial charge in [-0.1, -0.05) is 6.07 Å². The van der Waals surface area contributed by atoms with Crippen LogP contribution in [0.4, 0.5) is 26.1 Å². The van der Waals surface area contributed by atoms with Gasteiger partial charge in [-0.15, -0.1) is 5.10 Å². The number of nitrogens with one attached hydrogen (secondary N) is 1. The van der Waals surface area contributed by atoms with E-state index in [2.05, 4.69) is 10.4 Å². The summed E-state index contributed by atoms with van der Waals surface area (Å²) >= 11 is 0. The van der Waals surface area contributed by atoms with Crippen molar-refractivity contribution < 1.29 is 13.6 Å². The first-order valence-electron chi connectivity index (χ1n) is 8.73. The Hall–Kier alpha value is -3.82. The molecule has 8 nitrogen and oxygen atoms in total. The fraction of sp³-hybridized carbons (Fsp3) is 0.158. The van der Waals surface area contributed by atoms with Crippen molar-refractivity contribution in [1.82, 2.24) is 14.3 Å². The number of carbonyl (C=O) groups is 1. The van der Waals surface area contributed by atoms with Gasteiger partial charge in [-0.05, 0) is 42.5 Å². The number of anilines is 3. The Morgan fingerprint density at radius 2 is 1.76 bits per heavy atom. The number of nitrogens with zero attached hydrogens (tertiary/aromatic N) is 4. The predicted octanol–water partition coefficient (Wildman–Crippen LogP) is 1.47. The number of halogens is 2. The van der Waals surface area contributed by atoms with E-state index < -0.39 is 35.2 Å². The fourth-order valence-electron chi connectivity index (χ4n) is 3.10. The lowest BCUT2D eigenvalue weighted by atomic mass is 10.3. The Labute approximate surface area is 162 Å². The summed E-state index contributed by atoms with van der Waals surface area (Å²) in [4.78, 5) is 38.6. The molecule has 1 aliphatic heterocycles. The van der Waals surface area contributed by atoms with E-state index in [9.17, 15) is 23.2 Å². The highest BCUT2D eigenvalue weighted by molar-refractivity contribution is 5.90. The predicted molar refractivity (Wildman–Crippen MR) is 101 cm³/mol. The number of hydrogen-bond acceptors (Lipinski definition) is 5. The summed E-state index contributed by atoms with van der Waals surface area (Å²) in [5, 5.41) is 6.61. The maximum Gasteiger partial charge on any atom is 0.333 e. The zero-order chi connectivity index (χ0) is 20.5. The van der Waals surface area contributed by atoms with Gasteiger partial charge in [0.05, 0.1) is 0 Å². The van der Waals surface area contributed by atoms with Gasteiger partial charge >= 0.3 is 11.1 Å². The number of carbonyl (C=O) groups excluding carboxylic acids is 1. The topological polar surface area (TPSA) is 89.2 Å². The summed E-state index contributed by atoms with van der Waals surface area (Å²) in [7, 11) is 0. The molecule has 2 heterocycles. The highest BCUT2D eigenvalue weighted by Crippen LogP contribution is 2.26. The molecule has 1 aliphatic rings. The fourth-order valence-corrected chi connectivity index (χ4v) is 3.10. The van der Waals surface area contributed by atoms with Crippen molar-refractivity contribution in [3.8, 4) is 0 Å². The minimum atomic E-state index is -0.941. The van der Waals surface area contributed by atoms with E-state index in [0.717, 1.165) is 10.7 Å². The van der Waals surface area contributed by atoms with Crippen LogP contribution in [0.3, 0.4) is 0 Å². The molecule has 1 aromatic heterocycles. The summed E-state index contributed by atoms with van der Waals surface area (Å²) in [6.07, 6.45) is 0. The molecule has 3 aromatic rings. The second-order valence-corrected chi connectivity index (χ2v) is 6.41. The number of aromatic nitrogens is 3. The number of rotatable bonds is 4. The molecular weight excluding hydrogens is 384 g/mol. The van der Waals surface area contributed by atoms with Gasteiger partial charge < -0.3 is 10.2 Å². The lowest BCUT2D eigenvalue weighted by molar-refractivity contribution is -0.117. The Balaban J connectivity index is 1.63. The number of amides is 1. The van der Waals surface area contributed by atoms with Crippen LogP contribution in [-0.4, -0.2) is 26.8 Å². The van der Waals surface area contributed by atoms with Crippen LogP contribution in [0.1, 0.15) is 0 Å². The van der Waals surface area contributed by atoms with Gasteiger partial charge in [-0.3, -0.25) is 19.0 Å². The van der Waals surface area contributed by atoms with Crippen LogP contribution < -0.4 is 21.3 Å². The van der Waals surface area contributed by atoms with Gasteiger partial charge in [0.25, 0.3) is 0 Å². The normalized spacial score (nSPS) is 12.7. The van der Waals surface area contributed by atoms with Gasteiger partial charge in [0.1, 0.15) is 18.2 Å². The second-order valence-electron chi connectivity index (χ2n) is 6.41. The molecule has 2 aromatic carbocycles. The highest BCUT2D eigenvalue weighted by Gasteiger charge is 2.26. The molecule has 0 spiro atoms. The summed E-state index contributed by atoms with van der Waals surface area (Å²) in [5.74, 6) is -1.39. The molecule has 29 heavy (non-hydrogen) atoms. The SMILES string of the molecule is O=C(Cn1nc2n(c(=O)c1=O)CCN2c1ccc(F)cc1)Nc1cccc(F)c1. The first-order chi connectivity index (χ1) is 13.9. The van der Waals surface area contributed by atoms with E-state index in [1.54, 1.807) is 4.90 Å². The largest absolute Gasteiger partial charge is 0.333 e. The van der Waals surface area contributed by atoms with Crippen molar-refractivity contribution in [2.24, 2.45) is 0 Å². The van der Waals surface area contributed by atoms with Crippen LogP contribution in [0.5, 0.6) is 0 Å². The van der Waals surface area contributed by atoms with E-state index >= 15 is 0 Å². The summed E-state index contributed by atoms with van der Waals surface area (Å²) in [6.45, 7) is 0.0899. The van der Waals surface area contributed by atoms with Crippen molar-refractivity contribution in [2.45, 2.75) is 13.1 Å². The van der Waals surface area contributed by atoms with E-state index in [0.29, 0.717) is 12.2 Å². The lowest BCUT2D eigenvalue weighted by Crippen LogP contribution is -2.44. The maximum absolute atomic E-state index is 13.2. The van der Waals surface area contributed by atoms with Crippen molar-refractivity contribution in [2.75, 3.05) is 16.8 Å². The third-order valence-electron chi connectivity index (χ3n) is 4.44. The van der Waals surface area contributed by atoms with Crippen LogP contribution in [0, 0.1) is 11.6 Å². The molecular formula is C19H15F2N5O3. The maximum atomic E-state index is 13.2. The van der Waals surface area contributed by atoms with Crippen molar-refractivity contribution in [3.63, 3.8) is 0 Å². The third kappa shape index (κ3) is 3.64. The van der Waals surface area contributed by atoms with Crippen molar-refractivity contribution in [3.05, 3.63) is 80.9 Å². The monoisotopic (exact) mass is 399 g/mol. The Morgan fingerprint density at radius 1 is 1.00 bits per heavy atom. The smallest absolute Gasteiger partial charge is 0.324 e. The average Bonchev–Trinajstić information content (AvgIpc) is 3.10. The summed E-state index contributed by atoms with van der Waals surface area (Å²) in [5.41, 5.74) is -0.935. The minimum Gasteiger partial charge on any atom is -0.324 e. The first kappa shape index (κ1) is 18.5. The molecule has 0 atom stereocenters. The van der Waals surface area contributed by atoms with Crippen LogP contribution in [0.25, 0.3) is 0 Å². The lowest BCUT2D eigenvalue weighted by Gasteiger charge is -2.17. The Kier molecular flexibility index (Phi) is 4.67. The number of fused-ring (bicyclic) bond motifs is 1. The van der Waals surface area contributed by atoms with Crippen LogP contribution in [0.2, 0.25) is 0 Å². The first-order valence-corrected chi connectivity index (χ1v) is 8.73.